The molecule has 0 saturated heterocycles. The van der Waals surface area contributed by atoms with Crippen LogP contribution >= 0.6 is 0 Å². The Balaban J connectivity index is 1.54. The maximum Gasteiger partial charge on any atom is 0.417 e. The van der Waals surface area contributed by atoms with Crippen molar-refractivity contribution < 1.29 is 28.2 Å². The molecule has 9 heteroatoms. The number of carbonyl (C=O) groups is 2. The number of halogens is 1. The van der Waals surface area contributed by atoms with Gasteiger partial charge in [-0.2, -0.15) is 0 Å². The zero-order valence-electron chi connectivity index (χ0n) is 24.1. The quantitative estimate of drug-likeness (QED) is 0.245. The third kappa shape index (κ3) is 5.72. The highest BCUT2D eigenvalue weighted by atomic mass is 19.1. The number of hydrogen-bond acceptors (Lipinski definition) is 6. The largest absolute Gasteiger partial charge is 0.496 e. The number of aryl methyl sites for hydroxylation is 1. The number of anilines is 3. The number of ether oxygens (including phenoxy) is 3. The van der Waals surface area contributed by atoms with Gasteiger partial charge in [0.25, 0.3) is 5.91 Å². The van der Waals surface area contributed by atoms with Crippen molar-refractivity contribution >= 4 is 29.1 Å². The van der Waals surface area contributed by atoms with Crippen LogP contribution in [0.4, 0.5) is 26.2 Å². The van der Waals surface area contributed by atoms with Crippen LogP contribution in [0.3, 0.4) is 0 Å². The maximum atomic E-state index is 14.0. The van der Waals surface area contributed by atoms with Crippen molar-refractivity contribution in [3.05, 3.63) is 95.8 Å². The zero-order valence-corrected chi connectivity index (χ0v) is 24.1. The van der Waals surface area contributed by atoms with E-state index in [0.29, 0.717) is 39.8 Å². The van der Waals surface area contributed by atoms with E-state index in [1.54, 1.807) is 54.4 Å². The van der Waals surface area contributed by atoms with Crippen LogP contribution in [0.5, 0.6) is 17.2 Å². The molecule has 0 fully saturated rings. The van der Waals surface area contributed by atoms with Gasteiger partial charge in [-0.05, 0) is 68.3 Å². The van der Waals surface area contributed by atoms with Gasteiger partial charge in [-0.3, -0.25) is 10.1 Å². The fourth-order valence-corrected chi connectivity index (χ4v) is 5.04. The standard InChI is InChI=1S/C33H32FN3O5/c1-20-11-12-21(34)17-28(20)41-19-26-24(15-16-27-30(26)37(4)31(38)33(2,3)36-27)25-14-13-22(18-29(25)40-5)35-32(39)42-23-9-7-6-8-10-23/h6-18,36H,19H2,1-5H3,(H,35,39). The second-order valence-electron chi connectivity index (χ2n) is 10.5. The van der Waals surface area contributed by atoms with Crippen LogP contribution in [-0.4, -0.2) is 31.7 Å². The highest BCUT2D eigenvalue weighted by Gasteiger charge is 2.38. The molecule has 5 rings (SSSR count). The highest BCUT2D eigenvalue weighted by Crippen LogP contribution is 2.45. The predicted molar refractivity (Wildman–Crippen MR) is 161 cm³/mol. The van der Waals surface area contributed by atoms with Gasteiger partial charge in [0.15, 0.2) is 0 Å². The molecule has 4 aromatic rings. The van der Waals surface area contributed by atoms with Crippen molar-refractivity contribution in [2.75, 3.05) is 29.7 Å². The molecule has 216 valence electrons. The van der Waals surface area contributed by atoms with Gasteiger partial charge < -0.3 is 24.4 Å². The molecule has 0 radical (unpaired) electrons. The minimum atomic E-state index is -0.806. The van der Waals surface area contributed by atoms with E-state index in [1.807, 2.05) is 45.0 Å². The van der Waals surface area contributed by atoms with Gasteiger partial charge in [0.05, 0.1) is 18.5 Å². The minimum absolute atomic E-state index is 0.0507. The molecule has 0 aliphatic carbocycles. The Kier molecular flexibility index (Phi) is 7.76. The van der Waals surface area contributed by atoms with Gasteiger partial charge in [0.1, 0.15) is 35.2 Å². The predicted octanol–water partition coefficient (Wildman–Crippen LogP) is 7.17. The molecule has 8 nitrogen and oxygen atoms in total. The van der Waals surface area contributed by atoms with E-state index in [4.69, 9.17) is 14.2 Å². The monoisotopic (exact) mass is 569 g/mol. The molecule has 0 bridgehead atoms. The van der Waals surface area contributed by atoms with Crippen molar-refractivity contribution in [3.8, 4) is 28.4 Å². The Morgan fingerprint density at radius 1 is 0.976 bits per heavy atom. The summed E-state index contributed by atoms with van der Waals surface area (Å²) in [5.74, 6) is 0.783. The number of fused-ring (bicyclic) bond motifs is 1. The lowest BCUT2D eigenvalue weighted by Gasteiger charge is -2.39. The van der Waals surface area contributed by atoms with Gasteiger partial charge in [-0.1, -0.05) is 30.3 Å². The Labute approximate surface area is 244 Å². The number of para-hydroxylation sites is 1. The molecule has 0 atom stereocenters. The summed E-state index contributed by atoms with van der Waals surface area (Å²) in [5.41, 5.74) is 4.03. The fourth-order valence-electron chi connectivity index (χ4n) is 5.04. The molecule has 1 aliphatic rings. The summed E-state index contributed by atoms with van der Waals surface area (Å²) in [5, 5.41) is 6.06. The first kappa shape index (κ1) is 28.5. The first-order valence-corrected chi connectivity index (χ1v) is 13.4. The SMILES string of the molecule is COc1cc(NC(=O)Oc2ccccc2)ccc1-c1ccc2c(c1COc1cc(F)ccc1C)N(C)C(=O)C(C)(C)N2. The second-order valence-corrected chi connectivity index (χ2v) is 10.5. The number of methoxy groups -OCH3 is 1. The summed E-state index contributed by atoms with van der Waals surface area (Å²) < 4.78 is 31.3. The number of nitrogens with one attached hydrogen (secondary N) is 2. The summed E-state index contributed by atoms with van der Waals surface area (Å²) in [4.78, 5) is 27.4. The number of rotatable bonds is 7. The molecule has 4 aromatic carbocycles. The molecule has 42 heavy (non-hydrogen) atoms. The topological polar surface area (TPSA) is 89.1 Å². The van der Waals surface area contributed by atoms with Crippen molar-refractivity contribution in [1.29, 1.82) is 0 Å². The Morgan fingerprint density at radius 2 is 1.71 bits per heavy atom. The number of amides is 2. The Hall–Kier alpha value is -5.05. The van der Waals surface area contributed by atoms with E-state index in [-0.39, 0.29) is 12.5 Å². The second kappa shape index (κ2) is 11.4. The first-order valence-electron chi connectivity index (χ1n) is 13.4. The summed E-state index contributed by atoms with van der Waals surface area (Å²) in [6, 6.07) is 22.2. The molecule has 0 saturated carbocycles. The maximum absolute atomic E-state index is 14.0. The number of carbonyl (C=O) groups excluding carboxylic acids is 2. The average molecular weight is 570 g/mol. The molecule has 2 N–H and O–H groups in total. The van der Waals surface area contributed by atoms with E-state index in [2.05, 4.69) is 10.6 Å². The average Bonchev–Trinajstić information content (AvgIpc) is 2.96. The zero-order chi connectivity index (χ0) is 30.0. The molecule has 0 spiro atoms. The van der Waals surface area contributed by atoms with E-state index in [1.165, 1.54) is 19.2 Å². The molecule has 1 aliphatic heterocycles. The summed E-state index contributed by atoms with van der Waals surface area (Å²) in [6.07, 6.45) is -0.641. The number of benzene rings is 4. The lowest BCUT2D eigenvalue weighted by atomic mass is 9.91. The van der Waals surface area contributed by atoms with Crippen molar-refractivity contribution in [2.24, 2.45) is 0 Å². The summed E-state index contributed by atoms with van der Waals surface area (Å²) in [7, 11) is 3.27. The molecular formula is C33H32FN3O5. The molecule has 0 unspecified atom stereocenters. The van der Waals surface area contributed by atoms with Crippen LogP contribution in [0.15, 0.2) is 78.9 Å². The van der Waals surface area contributed by atoms with Crippen molar-refractivity contribution in [3.63, 3.8) is 0 Å². The Bertz CT molecular complexity index is 1660. The number of likely N-dealkylation sites (N-methyl/N-ethyl adjacent to an activating group) is 1. The molecule has 1 heterocycles. The van der Waals surface area contributed by atoms with Gasteiger partial charge in [-0.25, -0.2) is 9.18 Å². The van der Waals surface area contributed by atoms with Crippen LogP contribution in [0.1, 0.15) is 25.0 Å². The normalized spacial score (nSPS) is 13.6. The van der Waals surface area contributed by atoms with Crippen LogP contribution in [0.25, 0.3) is 11.1 Å². The molecule has 2 amide bonds. The third-order valence-electron chi connectivity index (χ3n) is 7.12. The summed E-state index contributed by atoms with van der Waals surface area (Å²) >= 11 is 0. The van der Waals surface area contributed by atoms with Gasteiger partial charge in [-0.15, -0.1) is 0 Å². The highest BCUT2D eigenvalue weighted by molar-refractivity contribution is 6.09. The molecule has 0 aromatic heterocycles. The van der Waals surface area contributed by atoms with Gasteiger partial charge in [0, 0.05) is 36.0 Å². The first-order chi connectivity index (χ1) is 20.1. The van der Waals surface area contributed by atoms with Crippen molar-refractivity contribution in [2.45, 2.75) is 32.9 Å². The van der Waals surface area contributed by atoms with Crippen LogP contribution in [-0.2, 0) is 11.4 Å². The van der Waals surface area contributed by atoms with E-state index in [9.17, 15) is 14.0 Å². The Morgan fingerprint density at radius 3 is 2.45 bits per heavy atom. The van der Waals surface area contributed by atoms with Crippen LogP contribution < -0.4 is 29.7 Å². The van der Waals surface area contributed by atoms with Crippen LogP contribution in [0.2, 0.25) is 0 Å². The fraction of sp³-hybridized carbons (Fsp3) is 0.212. The van der Waals surface area contributed by atoms with E-state index >= 15 is 0 Å². The lowest BCUT2D eigenvalue weighted by molar-refractivity contribution is -0.121. The van der Waals surface area contributed by atoms with Crippen LogP contribution in [0, 0.1) is 12.7 Å². The van der Waals surface area contributed by atoms with Gasteiger partial charge >= 0.3 is 6.09 Å². The van der Waals surface area contributed by atoms with Gasteiger partial charge in [0.2, 0.25) is 0 Å². The number of nitrogens with zero attached hydrogens (tertiary/aromatic N) is 1. The van der Waals surface area contributed by atoms with E-state index < -0.39 is 17.4 Å². The smallest absolute Gasteiger partial charge is 0.417 e. The summed E-state index contributed by atoms with van der Waals surface area (Å²) in [6.45, 7) is 5.54. The third-order valence-corrected chi connectivity index (χ3v) is 7.12. The van der Waals surface area contributed by atoms with E-state index in [0.717, 1.165) is 16.8 Å². The molecular weight excluding hydrogens is 537 g/mol. The lowest BCUT2D eigenvalue weighted by Crippen LogP contribution is -2.52. The number of hydrogen-bond donors (Lipinski definition) is 2. The minimum Gasteiger partial charge on any atom is -0.496 e. The van der Waals surface area contributed by atoms with Crippen molar-refractivity contribution in [1.82, 2.24) is 0 Å².